The summed E-state index contributed by atoms with van der Waals surface area (Å²) in [5.74, 6) is -0.402. The van der Waals surface area contributed by atoms with Gasteiger partial charge in [0, 0.05) is 24.0 Å². The van der Waals surface area contributed by atoms with E-state index in [1.807, 2.05) is 38.1 Å². The third kappa shape index (κ3) is 4.67. The summed E-state index contributed by atoms with van der Waals surface area (Å²) in [5, 5.41) is 17.4. The Bertz CT molecular complexity index is 1030. The van der Waals surface area contributed by atoms with Crippen LogP contribution in [0.5, 0.6) is 0 Å². The van der Waals surface area contributed by atoms with Crippen molar-refractivity contribution in [3.8, 4) is 0 Å². The molecule has 29 heavy (non-hydrogen) atoms. The van der Waals surface area contributed by atoms with Crippen molar-refractivity contribution in [1.29, 1.82) is 0 Å². The van der Waals surface area contributed by atoms with Crippen LogP contribution in [0.1, 0.15) is 36.8 Å². The summed E-state index contributed by atoms with van der Waals surface area (Å²) < 4.78 is 29.0. The number of carboxylic acid groups (broad SMARTS) is 1. The minimum absolute atomic E-state index is 0.0433. The molecule has 1 fully saturated rings. The average molecular weight is 424 g/mol. The Labute approximate surface area is 168 Å². The summed E-state index contributed by atoms with van der Waals surface area (Å²) in [4.78, 5) is 25.4. The lowest BCUT2D eigenvalue weighted by Gasteiger charge is -2.20. The zero-order chi connectivity index (χ0) is 21.3. The molecule has 2 atom stereocenters. The van der Waals surface area contributed by atoms with E-state index in [2.05, 4.69) is 10.4 Å². The summed E-state index contributed by atoms with van der Waals surface area (Å²) >= 11 is 0. The minimum Gasteiger partial charge on any atom is -0.465 e. The summed E-state index contributed by atoms with van der Waals surface area (Å²) in [6.45, 7) is 3.69. The van der Waals surface area contributed by atoms with E-state index in [9.17, 15) is 23.1 Å². The lowest BCUT2D eigenvalue weighted by atomic mass is 10.1. The molecule has 1 aromatic heterocycles. The van der Waals surface area contributed by atoms with Gasteiger partial charge in [-0.25, -0.2) is 4.79 Å². The van der Waals surface area contributed by atoms with Gasteiger partial charge in [0.15, 0.2) is 5.69 Å². The number of fused-ring (bicyclic) bond motifs is 1. The molecule has 2 aromatic rings. The number of amides is 2. The van der Waals surface area contributed by atoms with E-state index in [1.54, 1.807) is 4.68 Å². The molecule has 2 amide bonds. The Balaban J connectivity index is 1.77. The highest BCUT2D eigenvalue weighted by Gasteiger charge is 2.37. The fourth-order valence-corrected chi connectivity index (χ4v) is 3.92. The number of rotatable bonds is 6. The van der Waals surface area contributed by atoms with Crippen molar-refractivity contribution in [3.05, 3.63) is 30.0 Å². The molecule has 0 spiro atoms. The zero-order valence-electron chi connectivity index (χ0n) is 16.4. The van der Waals surface area contributed by atoms with Crippen molar-refractivity contribution in [2.75, 3.05) is 19.4 Å². The van der Waals surface area contributed by atoms with Crippen LogP contribution in [0.15, 0.2) is 24.3 Å². The maximum atomic E-state index is 12.9. The molecule has 10 nitrogen and oxygen atoms in total. The van der Waals surface area contributed by atoms with Crippen LogP contribution in [0.25, 0.3) is 10.9 Å². The van der Waals surface area contributed by atoms with Crippen molar-refractivity contribution in [1.82, 2.24) is 20.0 Å². The summed E-state index contributed by atoms with van der Waals surface area (Å²) in [6.07, 6.45) is -0.0443. The average Bonchev–Trinajstić information content (AvgIpc) is 3.21. The van der Waals surface area contributed by atoms with Gasteiger partial charge in [0.05, 0.1) is 24.4 Å². The van der Waals surface area contributed by atoms with Crippen molar-refractivity contribution in [3.63, 3.8) is 0 Å². The number of nitrogens with one attached hydrogen (secondary N) is 1. The highest BCUT2D eigenvalue weighted by atomic mass is 32.2. The second-order valence-electron chi connectivity index (χ2n) is 7.39. The number of likely N-dealkylation sites (tertiary alicyclic amines) is 1. The van der Waals surface area contributed by atoms with Gasteiger partial charge >= 0.3 is 6.09 Å². The van der Waals surface area contributed by atoms with E-state index in [-0.39, 0.29) is 31.3 Å². The Hall–Kier alpha value is -2.66. The van der Waals surface area contributed by atoms with E-state index in [0.717, 1.165) is 16.7 Å². The standard InChI is InChI=1S/C18H24N4O6S/c1-11(2)22-15-7-5-4-6-14(15)16(20-22)17(23)19-12-8-13(10-28-29(3,26)27)21(9-12)18(24)25/h4-7,11-13H,8-10H2,1-3H3,(H,19,23)(H,24,25)/t12-,13-/m0/s1. The van der Waals surface area contributed by atoms with Crippen LogP contribution < -0.4 is 5.32 Å². The molecule has 0 unspecified atom stereocenters. The van der Waals surface area contributed by atoms with E-state index in [1.165, 1.54) is 0 Å². The van der Waals surface area contributed by atoms with Gasteiger partial charge in [0.2, 0.25) is 0 Å². The molecule has 3 rings (SSSR count). The summed E-state index contributed by atoms with van der Waals surface area (Å²) in [7, 11) is -3.69. The molecule has 2 heterocycles. The zero-order valence-corrected chi connectivity index (χ0v) is 17.2. The molecule has 0 bridgehead atoms. The van der Waals surface area contributed by atoms with Crippen molar-refractivity contribution < 1.29 is 27.3 Å². The lowest BCUT2D eigenvalue weighted by Crippen LogP contribution is -2.40. The minimum atomic E-state index is -3.69. The third-order valence-electron chi connectivity index (χ3n) is 4.79. The van der Waals surface area contributed by atoms with E-state index < -0.39 is 34.2 Å². The Morgan fingerprint density at radius 1 is 1.34 bits per heavy atom. The maximum Gasteiger partial charge on any atom is 0.407 e. The van der Waals surface area contributed by atoms with Crippen LogP contribution in [0.4, 0.5) is 4.79 Å². The van der Waals surface area contributed by atoms with Gasteiger partial charge < -0.3 is 15.3 Å². The van der Waals surface area contributed by atoms with Crippen molar-refractivity contribution in [2.45, 2.75) is 38.4 Å². The van der Waals surface area contributed by atoms with Gasteiger partial charge in [-0.1, -0.05) is 18.2 Å². The summed E-state index contributed by atoms with van der Waals surface area (Å²) in [6, 6.07) is 6.32. The molecule has 1 aliphatic rings. The topological polar surface area (TPSA) is 131 Å². The molecule has 1 saturated heterocycles. The normalized spacial score (nSPS) is 19.8. The lowest BCUT2D eigenvalue weighted by molar-refractivity contribution is 0.0931. The van der Waals surface area contributed by atoms with Crippen LogP contribution >= 0.6 is 0 Å². The molecule has 11 heteroatoms. The fraction of sp³-hybridized carbons (Fsp3) is 0.500. The predicted octanol–water partition coefficient (Wildman–Crippen LogP) is 1.44. The number of hydrogen-bond acceptors (Lipinski definition) is 6. The smallest absolute Gasteiger partial charge is 0.407 e. The highest BCUT2D eigenvalue weighted by Crippen LogP contribution is 2.23. The Kier molecular flexibility index (Phi) is 5.80. The first-order valence-corrected chi connectivity index (χ1v) is 11.0. The van der Waals surface area contributed by atoms with E-state index >= 15 is 0 Å². The molecular formula is C18H24N4O6S. The number of para-hydroxylation sites is 1. The molecule has 0 saturated carbocycles. The van der Waals surface area contributed by atoms with Gasteiger partial charge in [-0.2, -0.15) is 13.5 Å². The molecule has 1 aliphatic heterocycles. The molecular weight excluding hydrogens is 400 g/mol. The SMILES string of the molecule is CC(C)n1nc(C(=O)N[C@H]2C[C@@H](COS(C)(=O)=O)N(C(=O)O)C2)c2ccccc21. The third-order valence-corrected chi connectivity index (χ3v) is 5.35. The fourth-order valence-electron chi connectivity index (χ4n) is 3.52. The van der Waals surface area contributed by atoms with Gasteiger partial charge in [0.25, 0.3) is 16.0 Å². The van der Waals surface area contributed by atoms with Gasteiger partial charge in [-0.15, -0.1) is 0 Å². The molecule has 0 radical (unpaired) electrons. The number of carbonyl (C=O) groups excluding carboxylic acids is 1. The number of carbonyl (C=O) groups is 2. The second-order valence-corrected chi connectivity index (χ2v) is 9.03. The van der Waals surface area contributed by atoms with Crippen LogP contribution in [-0.4, -0.2) is 71.7 Å². The second kappa shape index (κ2) is 7.99. The molecule has 158 valence electrons. The first kappa shape index (κ1) is 21.1. The number of benzene rings is 1. The summed E-state index contributed by atoms with van der Waals surface area (Å²) in [5.41, 5.74) is 1.11. The van der Waals surface area contributed by atoms with Gasteiger partial charge in [-0.3, -0.25) is 13.7 Å². The van der Waals surface area contributed by atoms with Gasteiger partial charge in [-0.05, 0) is 26.3 Å². The van der Waals surface area contributed by atoms with E-state index in [4.69, 9.17) is 4.18 Å². The highest BCUT2D eigenvalue weighted by molar-refractivity contribution is 7.85. The Morgan fingerprint density at radius 2 is 2.03 bits per heavy atom. The number of aromatic nitrogens is 2. The Morgan fingerprint density at radius 3 is 2.66 bits per heavy atom. The molecule has 0 aliphatic carbocycles. The van der Waals surface area contributed by atoms with Crippen LogP contribution in [0.2, 0.25) is 0 Å². The van der Waals surface area contributed by atoms with Crippen LogP contribution in [0.3, 0.4) is 0 Å². The maximum absolute atomic E-state index is 12.9. The van der Waals surface area contributed by atoms with Crippen LogP contribution in [0, 0.1) is 0 Å². The van der Waals surface area contributed by atoms with Gasteiger partial charge in [0.1, 0.15) is 0 Å². The quantitative estimate of drug-likeness (QED) is 0.671. The van der Waals surface area contributed by atoms with Crippen molar-refractivity contribution >= 4 is 33.0 Å². The number of nitrogens with zero attached hydrogens (tertiary/aromatic N) is 3. The monoisotopic (exact) mass is 424 g/mol. The largest absolute Gasteiger partial charge is 0.465 e. The van der Waals surface area contributed by atoms with Crippen LogP contribution in [-0.2, 0) is 14.3 Å². The van der Waals surface area contributed by atoms with Crippen molar-refractivity contribution in [2.24, 2.45) is 0 Å². The predicted molar refractivity (Wildman–Crippen MR) is 105 cm³/mol. The number of hydrogen-bond donors (Lipinski definition) is 2. The van der Waals surface area contributed by atoms with E-state index in [0.29, 0.717) is 5.39 Å². The molecule has 1 aromatic carbocycles. The molecule has 2 N–H and O–H groups in total. The first-order valence-electron chi connectivity index (χ1n) is 9.19. The first-order chi connectivity index (χ1) is 13.6.